The third-order valence-electron chi connectivity index (χ3n) is 7.46. The van der Waals surface area contributed by atoms with Crippen molar-refractivity contribution in [3.05, 3.63) is 161 Å². The molecule has 0 saturated heterocycles. The van der Waals surface area contributed by atoms with E-state index in [1.54, 1.807) is 30.3 Å². The maximum atomic E-state index is 13.0. The van der Waals surface area contributed by atoms with E-state index in [1.807, 2.05) is 66.7 Å². The van der Waals surface area contributed by atoms with Crippen molar-refractivity contribution in [2.24, 2.45) is 4.99 Å². The topological polar surface area (TPSA) is 97.8 Å². The Labute approximate surface area is 263 Å². The number of rotatable bonds is 11. The van der Waals surface area contributed by atoms with Crippen LogP contribution in [0.2, 0.25) is 0 Å². The second-order valence-corrected chi connectivity index (χ2v) is 12.8. The van der Waals surface area contributed by atoms with E-state index in [0.717, 1.165) is 29.9 Å². The summed E-state index contributed by atoms with van der Waals surface area (Å²) in [5, 5.41) is 11.8. The maximum absolute atomic E-state index is 13.0. The summed E-state index contributed by atoms with van der Waals surface area (Å²) >= 11 is 0. The van der Waals surface area contributed by atoms with Crippen LogP contribution < -0.4 is 4.72 Å². The molecular weight excluding hydrogens is 580 g/mol. The van der Waals surface area contributed by atoms with Crippen molar-refractivity contribution in [3.8, 4) is 5.88 Å². The number of aromatic nitrogens is 1. The van der Waals surface area contributed by atoms with E-state index in [4.69, 9.17) is 4.99 Å². The van der Waals surface area contributed by atoms with Gasteiger partial charge in [-0.3, -0.25) is 9.62 Å². The number of aromatic amines is 1. The van der Waals surface area contributed by atoms with Crippen LogP contribution in [0.15, 0.2) is 138 Å². The third-order valence-corrected chi connectivity index (χ3v) is 8.72. The van der Waals surface area contributed by atoms with Crippen LogP contribution in [-0.4, -0.2) is 36.2 Å². The average molecular weight is 615 g/mol. The summed E-state index contributed by atoms with van der Waals surface area (Å²) in [6, 6.07) is 42.3. The van der Waals surface area contributed by atoms with Gasteiger partial charge in [0.1, 0.15) is 0 Å². The Morgan fingerprint density at radius 1 is 0.756 bits per heavy atom. The molecule has 226 valence electrons. The first kappa shape index (κ1) is 29.9. The van der Waals surface area contributed by atoms with Crippen LogP contribution in [0.5, 0.6) is 5.88 Å². The molecule has 0 aliphatic rings. The Balaban J connectivity index is 1.31. The van der Waals surface area contributed by atoms with E-state index in [9.17, 15) is 13.5 Å². The van der Waals surface area contributed by atoms with E-state index >= 15 is 0 Å². The zero-order chi connectivity index (χ0) is 31.2. The van der Waals surface area contributed by atoms with E-state index < -0.39 is 10.0 Å². The number of hydrogen-bond acceptors (Lipinski definition) is 5. The summed E-state index contributed by atoms with van der Waals surface area (Å²) in [5.74, 6) is -0.192. The number of fused-ring (bicyclic) bond motifs is 1. The molecule has 1 heterocycles. The number of sulfonamides is 1. The van der Waals surface area contributed by atoms with Crippen molar-refractivity contribution in [2.75, 3.05) is 11.8 Å². The molecule has 0 aliphatic carbocycles. The molecule has 8 heteroatoms. The molecule has 0 spiro atoms. The lowest BCUT2D eigenvalue weighted by Crippen LogP contribution is -2.17. The molecule has 0 radical (unpaired) electrons. The molecule has 1 aromatic heterocycles. The minimum Gasteiger partial charge on any atom is -0.494 e. The number of nitrogens with zero attached hydrogens (tertiary/aromatic N) is 2. The lowest BCUT2D eigenvalue weighted by Gasteiger charge is -2.17. The van der Waals surface area contributed by atoms with Crippen LogP contribution in [0.25, 0.3) is 10.9 Å². The van der Waals surface area contributed by atoms with Gasteiger partial charge >= 0.3 is 0 Å². The standard InChI is InChI=1S/C37H34N4O3S/c1-41(24-27-11-5-2-6-12-27)25-28-17-19-31(20-18-28)38-36(30-15-9-4-10-16-30)35-33-23-32(21-22-34(33)39-37(35)42)40-45(43,44)26-29-13-7-3-8-14-29/h2-23,39-40,42H,24-26H2,1H3. The van der Waals surface area contributed by atoms with E-state index in [1.165, 1.54) is 5.56 Å². The number of aliphatic imine (C=N–C) groups is 1. The highest BCUT2D eigenvalue weighted by molar-refractivity contribution is 7.91. The predicted molar refractivity (Wildman–Crippen MR) is 182 cm³/mol. The molecule has 0 saturated carbocycles. The zero-order valence-electron chi connectivity index (χ0n) is 24.9. The van der Waals surface area contributed by atoms with Gasteiger partial charge in [-0.05, 0) is 54.1 Å². The second-order valence-electron chi connectivity index (χ2n) is 11.1. The van der Waals surface area contributed by atoms with Crippen LogP contribution in [-0.2, 0) is 28.9 Å². The van der Waals surface area contributed by atoms with Gasteiger partial charge in [-0.1, -0.05) is 103 Å². The lowest BCUT2D eigenvalue weighted by atomic mass is 10.0. The third kappa shape index (κ3) is 7.49. The first-order valence-corrected chi connectivity index (χ1v) is 16.3. The van der Waals surface area contributed by atoms with Crippen LogP contribution in [0.3, 0.4) is 0 Å². The number of H-pyrrole nitrogens is 1. The Bertz CT molecular complexity index is 2020. The summed E-state index contributed by atoms with van der Waals surface area (Å²) in [6.07, 6.45) is 0. The first-order chi connectivity index (χ1) is 21.8. The van der Waals surface area contributed by atoms with Gasteiger partial charge in [-0.25, -0.2) is 13.4 Å². The fraction of sp³-hybridized carbons (Fsp3) is 0.108. The quantitative estimate of drug-likeness (QED) is 0.131. The normalized spacial score (nSPS) is 12.1. The molecule has 7 nitrogen and oxygen atoms in total. The van der Waals surface area contributed by atoms with Gasteiger partial charge in [-0.2, -0.15) is 0 Å². The number of benzene rings is 5. The Morgan fingerprint density at radius 2 is 1.33 bits per heavy atom. The SMILES string of the molecule is CN(Cc1ccccc1)Cc1ccc(N=C(c2ccccc2)c2c(O)[nH]c3ccc(NS(=O)(=O)Cc4ccccc4)cc23)cc1. The Hall–Kier alpha value is -5.18. The Morgan fingerprint density at radius 3 is 1.98 bits per heavy atom. The monoisotopic (exact) mass is 614 g/mol. The lowest BCUT2D eigenvalue weighted by molar-refractivity contribution is 0.319. The highest BCUT2D eigenvalue weighted by Gasteiger charge is 2.20. The molecule has 0 amide bonds. The molecule has 0 fully saturated rings. The van der Waals surface area contributed by atoms with Crippen molar-refractivity contribution in [2.45, 2.75) is 18.8 Å². The highest BCUT2D eigenvalue weighted by Crippen LogP contribution is 2.33. The predicted octanol–water partition coefficient (Wildman–Crippen LogP) is 7.62. The minimum atomic E-state index is -3.67. The zero-order valence-corrected chi connectivity index (χ0v) is 25.7. The van der Waals surface area contributed by atoms with Crippen molar-refractivity contribution >= 4 is 38.0 Å². The highest BCUT2D eigenvalue weighted by atomic mass is 32.2. The summed E-state index contributed by atoms with van der Waals surface area (Å²) in [4.78, 5) is 10.3. The van der Waals surface area contributed by atoms with Gasteiger partial charge in [0, 0.05) is 35.2 Å². The second kappa shape index (κ2) is 13.2. The molecule has 5 aromatic carbocycles. The average Bonchev–Trinajstić information content (AvgIpc) is 3.36. The summed E-state index contributed by atoms with van der Waals surface area (Å²) < 4.78 is 28.7. The number of nitrogens with one attached hydrogen (secondary N) is 2. The smallest absolute Gasteiger partial charge is 0.236 e. The van der Waals surface area contributed by atoms with Crippen LogP contribution >= 0.6 is 0 Å². The molecule has 0 unspecified atom stereocenters. The molecule has 0 atom stereocenters. The summed E-state index contributed by atoms with van der Waals surface area (Å²) in [5.41, 5.74) is 6.79. The first-order valence-electron chi connectivity index (χ1n) is 14.7. The number of hydrogen-bond donors (Lipinski definition) is 3. The Kier molecular flexibility index (Phi) is 8.77. The van der Waals surface area contributed by atoms with Gasteiger partial charge in [0.15, 0.2) is 5.88 Å². The minimum absolute atomic E-state index is 0.0453. The van der Waals surface area contributed by atoms with Gasteiger partial charge < -0.3 is 10.1 Å². The fourth-order valence-electron chi connectivity index (χ4n) is 5.42. The van der Waals surface area contributed by atoms with E-state index in [-0.39, 0.29) is 11.6 Å². The van der Waals surface area contributed by atoms with E-state index in [0.29, 0.717) is 33.4 Å². The fourth-order valence-corrected chi connectivity index (χ4v) is 6.61. The largest absolute Gasteiger partial charge is 0.494 e. The molecule has 0 aliphatic heterocycles. The number of anilines is 1. The van der Waals surface area contributed by atoms with Crippen LogP contribution in [0, 0.1) is 0 Å². The van der Waals surface area contributed by atoms with Gasteiger partial charge in [0.05, 0.1) is 22.7 Å². The van der Waals surface area contributed by atoms with Gasteiger partial charge in [-0.15, -0.1) is 0 Å². The molecule has 6 aromatic rings. The number of aromatic hydroxyl groups is 1. The van der Waals surface area contributed by atoms with Crippen LogP contribution in [0.1, 0.15) is 27.8 Å². The van der Waals surface area contributed by atoms with Gasteiger partial charge in [0.25, 0.3) is 0 Å². The van der Waals surface area contributed by atoms with Crippen molar-refractivity contribution in [3.63, 3.8) is 0 Å². The van der Waals surface area contributed by atoms with Crippen molar-refractivity contribution < 1.29 is 13.5 Å². The van der Waals surface area contributed by atoms with Crippen LogP contribution in [0.4, 0.5) is 11.4 Å². The summed E-state index contributed by atoms with van der Waals surface area (Å²) in [7, 11) is -1.57. The van der Waals surface area contributed by atoms with E-state index in [2.05, 4.69) is 58.1 Å². The molecule has 6 rings (SSSR count). The molecule has 45 heavy (non-hydrogen) atoms. The van der Waals surface area contributed by atoms with Crippen molar-refractivity contribution in [1.29, 1.82) is 0 Å². The summed E-state index contributed by atoms with van der Waals surface area (Å²) in [6.45, 7) is 1.64. The molecule has 3 N–H and O–H groups in total. The molecular formula is C37H34N4O3S. The molecule has 0 bridgehead atoms. The van der Waals surface area contributed by atoms with Gasteiger partial charge in [0.2, 0.25) is 10.0 Å². The maximum Gasteiger partial charge on any atom is 0.236 e. The van der Waals surface area contributed by atoms with Crippen molar-refractivity contribution in [1.82, 2.24) is 9.88 Å².